The van der Waals surface area contributed by atoms with E-state index in [0.29, 0.717) is 5.92 Å². The number of allylic oxidation sites excluding steroid dienone is 2. The third-order valence-corrected chi connectivity index (χ3v) is 7.95. The molecule has 0 saturated carbocycles. The monoisotopic (exact) mass is 516 g/mol. The van der Waals surface area contributed by atoms with E-state index in [0.717, 1.165) is 71.8 Å². The number of nitrogens with zero attached hydrogens (tertiary/aromatic N) is 3. The fraction of sp³-hybridized carbons (Fsp3) is 0.129. The Kier molecular flexibility index (Phi) is 5.93. The van der Waals surface area contributed by atoms with Crippen LogP contribution in [0.2, 0.25) is 0 Å². The average molecular weight is 517 g/mol. The summed E-state index contributed by atoms with van der Waals surface area (Å²) in [6.45, 7) is 14.5. The molecule has 5 aromatic heterocycles. The molecule has 0 unspecified atom stereocenters. The molecule has 1 aromatic carbocycles. The van der Waals surface area contributed by atoms with Gasteiger partial charge < -0.3 is 10.3 Å². The van der Waals surface area contributed by atoms with Gasteiger partial charge in [0.1, 0.15) is 5.69 Å². The molecule has 0 bridgehead atoms. The number of hydrogen-bond acceptors (Lipinski definition) is 5. The molecule has 7 heteroatoms. The lowest BCUT2D eigenvalue weighted by atomic mass is 10.0. The third-order valence-electron chi connectivity index (χ3n) is 6.70. The lowest BCUT2D eigenvalue weighted by Crippen LogP contribution is -2.04. The molecule has 3 N–H and O–H groups in total. The Bertz CT molecular complexity index is 1830. The van der Waals surface area contributed by atoms with Crippen molar-refractivity contribution in [1.29, 1.82) is 0 Å². The summed E-state index contributed by atoms with van der Waals surface area (Å²) in [5, 5.41) is 13.3. The van der Waals surface area contributed by atoms with E-state index in [1.54, 1.807) is 11.3 Å². The summed E-state index contributed by atoms with van der Waals surface area (Å²) >= 11 is 1.71. The van der Waals surface area contributed by atoms with Crippen LogP contribution in [0.4, 0.5) is 5.69 Å². The first-order chi connectivity index (χ1) is 18.4. The lowest BCUT2D eigenvalue weighted by Gasteiger charge is -2.13. The standard InChI is InChI=1S/C31H28N6S/c1-17(2)19(5)34-22-12-21(15-32-16-22)20-6-7-26-23(13-20)30(37-36-26)27-14-24-25(35-27)10-11-33-31(24)29-9-8-28(38-29)18(3)4/h6-17,34-35H,3,5H2,1-2,4H3,(H,36,37). The van der Waals surface area contributed by atoms with E-state index in [1.165, 1.54) is 4.88 Å². The number of rotatable bonds is 7. The zero-order chi connectivity index (χ0) is 26.4. The predicted molar refractivity (Wildman–Crippen MR) is 160 cm³/mol. The van der Waals surface area contributed by atoms with Crippen LogP contribution >= 0.6 is 11.3 Å². The number of benzene rings is 1. The van der Waals surface area contributed by atoms with Gasteiger partial charge in [-0.05, 0) is 66.4 Å². The van der Waals surface area contributed by atoms with Crippen molar-refractivity contribution >= 4 is 44.4 Å². The summed E-state index contributed by atoms with van der Waals surface area (Å²) < 4.78 is 0. The molecule has 0 aliphatic carbocycles. The molecule has 6 aromatic rings. The van der Waals surface area contributed by atoms with Gasteiger partial charge in [0.25, 0.3) is 0 Å². The minimum atomic E-state index is 0.337. The molecule has 38 heavy (non-hydrogen) atoms. The Labute approximate surface area is 225 Å². The van der Waals surface area contributed by atoms with Gasteiger partial charge in [-0.1, -0.05) is 33.1 Å². The Morgan fingerprint density at radius 3 is 2.55 bits per heavy atom. The van der Waals surface area contributed by atoms with Crippen molar-refractivity contribution < 1.29 is 0 Å². The van der Waals surface area contributed by atoms with Gasteiger partial charge in [0.05, 0.1) is 33.7 Å². The lowest BCUT2D eigenvalue weighted by molar-refractivity contribution is 0.778. The number of H-pyrrole nitrogens is 2. The highest BCUT2D eigenvalue weighted by molar-refractivity contribution is 7.16. The van der Waals surface area contributed by atoms with Gasteiger partial charge in [-0.3, -0.25) is 15.1 Å². The van der Waals surface area contributed by atoms with Gasteiger partial charge in [-0.15, -0.1) is 11.3 Å². The van der Waals surface area contributed by atoms with Gasteiger partial charge in [-0.25, -0.2) is 0 Å². The van der Waals surface area contributed by atoms with Crippen LogP contribution in [0.5, 0.6) is 0 Å². The maximum atomic E-state index is 4.71. The molecule has 0 aliphatic heterocycles. The second kappa shape index (κ2) is 9.43. The maximum Gasteiger partial charge on any atom is 0.116 e. The van der Waals surface area contributed by atoms with E-state index in [2.05, 4.69) is 95.0 Å². The Morgan fingerprint density at radius 2 is 1.76 bits per heavy atom. The first kappa shape index (κ1) is 23.9. The van der Waals surface area contributed by atoms with Gasteiger partial charge in [-0.2, -0.15) is 5.10 Å². The minimum absolute atomic E-state index is 0.337. The highest BCUT2D eigenvalue weighted by Gasteiger charge is 2.16. The largest absolute Gasteiger partial charge is 0.358 e. The second-order valence-corrected chi connectivity index (χ2v) is 10.9. The van der Waals surface area contributed by atoms with Crippen LogP contribution < -0.4 is 5.32 Å². The number of pyridine rings is 2. The van der Waals surface area contributed by atoms with E-state index in [4.69, 9.17) is 4.98 Å². The zero-order valence-electron chi connectivity index (χ0n) is 21.6. The van der Waals surface area contributed by atoms with Gasteiger partial charge in [0, 0.05) is 44.8 Å². The van der Waals surface area contributed by atoms with Crippen LogP contribution in [-0.2, 0) is 0 Å². The molecule has 0 saturated heterocycles. The van der Waals surface area contributed by atoms with Crippen molar-refractivity contribution in [3.05, 3.63) is 90.9 Å². The SMILES string of the molecule is C=C(C)c1ccc(-c2nccc3[nH]c(-c4n[nH]c5ccc(-c6cncc(NC(=C)C(C)C)c6)cc45)cc23)s1. The number of aromatic amines is 2. The van der Waals surface area contributed by atoms with Crippen molar-refractivity contribution in [3.8, 4) is 33.1 Å². The molecule has 6 nitrogen and oxygen atoms in total. The van der Waals surface area contributed by atoms with Crippen molar-refractivity contribution in [1.82, 2.24) is 25.1 Å². The molecule has 0 fully saturated rings. The van der Waals surface area contributed by atoms with E-state index < -0.39 is 0 Å². The topological polar surface area (TPSA) is 82.3 Å². The summed E-state index contributed by atoms with van der Waals surface area (Å²) in [7, 11) is 0. The molecule has 0 amide bonds. The number of aromatic nitrogens is 5. The van der Waals surface area contributed by atoms with Crippen LogP contribution in [0.15, 0.2) is 86.0 Å². The highest BCUT2D eigenvalue weighted by Crippen LogP contribution is 2.37. The molecular formula is C31H28N6S. The van der Waals surface area contributed by atoms with Crippen LogP contribution in [0.1, 0.15) is 25.6 Å². The van der Waals surface area contributed by atoms with E-state index in [9.17, 15) is 0 Å². The maximum absolute atomic E-state index is 4.71. The van der Waals surface area contributed by atoms with Gasteiger partial charge in [0.2, 0.25) is 0 Å². The van der Waals surface area contributed by atoms with E-state index >= 15 is 0 Å². The third kappa shape index (κ3) is 4.31. The number of thiophene rings is 1. The molecule has 0 atom stereocenters. The molecule has 0 radical (unpaired) electrons. The fourth-order valence-corrected chi connectivity index (χ4v) is 5.41. The van der Waals surface area contributed by atoms with Crippen LogP contribution in [0.3, 0.4) is 0 Å². The van der Waals surface area contributed by atoms with Crippen LogP contribution in [0, 0.1) is 5.92 Å². The summed E-state index contributed by atoms with van der Waals surface area (Å²) in [5.74, 6) is 0.337. The fourth-order valence-electron chi connectivity index (χ4n) is 4.47. The van der Waals surface area contributed by atoms with Crippen molar-refractivity contribution in [2.24, 2.45) is 5.92 Å². The Balaban J connectivity index is 1.40. The van der Waals surface area contributed by atoms with Crippen LogP contribution in [0.25, 0.3) is 60.5 Å². The average Bonchev–Trinajstić information content (AvgIpc) is 3.66. The smallest absolute Gasteiger partial charge is 0.116 e. The number of anilines is 1. The van der Waals surface area contributed by atoms with Crippen LogP contribution in [-0.4, -0.2) is 25.1 Å². The van der Waals surface area contributed by atoms with E-state index in [1.807, 2.05) is 31.6 Å². The minimum Gasteiger partial charge on any atom is -0.358 e. The Hall–Kier alpha value is -4.49. The molecule has 0 aliphatic rings. The van der Waals surface area contributed by atoms with Crippen molar-refractivity contribution in [2.45, 2.75) is 20.8 Å². The molecule has 6 rings (SSSR count). The number of hydrogen-bond donors (Lipinski definition) is 3. The zero-order valence-corrected chi connectivity index (χ0v) is 22.4. The molecule has 0 spiro atoms. The molecular weight excluding hydrogens is 488 g/mol. The summed E-state index contributed by atoms with van der Waals surface area (Å²) in [6.07, 6.45) is 5.55. The highest BCUT2D eigenvalue weighted by atomic mass is 32.1. The Morgan fingerprint density at radius 1 is 0.921 bits per heavy atom. The first-order valence-electron chi connectivity index (χ1n) is 12.5. The van der Waals surface area contributed by atoms with Gasteiger partial charge >= 0.3 is 0 Å². The normalized spacial score (nSPS) is 11.5. The number of fused-ring (bicyclic) bond motifs is 2. The summed E-state index contributed by atoms with van der Waals surface area (Å²) in [4.78, 5) is 15.0. The predicted octanol–water partition coefficient (Wildman–Crippen LogP) is 8.51. The van der Waals surface area contributed by atoms with Crippen molar-refractivity contribution in [3.63, 3.8) is 0 Å². The summed E-state index contributed by atoms with van der Waals surface area (Å²) in [5.41, 5.74) is 9.80. The summed E-state index contributed by atoms with van der Waals surface area (Å²) in [6, 6.07) is 16.8. The first-order valence-corrected chi connectivity index (χ1v) is 13.3. The molecule has 5 heterocycles. The number of nitrogens with one attached hydrogen (secondary N) is 3. The van der Waals surface area contributed by atoms with Gasteiger partial charge in [0.15, 0.2) is 0 Å². The van der Waals surface area contributed by atoms with E-state index in [-0.39, 0.29) is 0 Å². The molecule has 188 valence electrons. The quantitative estimate of drug-likeness (QED) is 0.199. The van der Waals surface area contributed by atoms with Crippen molar-refractivity contribution in [2.75, 3.05) is 5.32 Å². The second-order valence-electron chi connectivity index (χ2n) is 9.85.